The van der Waals surface area contributed by atoms with Crippen LogP contribution in [0.25, 0.3) is 11.0 Å². The van der Waals surface area contributed by atoms with Gasteiger partial charge in [-0.2, -0.15) is 0 Å². The minimum Gasteiger partial charge on any atom is -0.444 e. The zero-order valence-corrected chi connectivity index (χ0v) is 16.2. The lowest BCUT2D eigenvalue weighted by Crippen LogP contribution is -2.46. The molecule has 1 N–H and O–H groups in total. The van der Waals surface area contributed by atoms with Gasteiger partial charge in [-0.15, -0.1) is 0 Å². The molecule has 0 saturated carbocycles. The average Bonchev–Trinajstić information content (AvgIpc) is 3.02. The lowest BCUT2D eigenvalue weighted by atomic mass is 10.1. The second kappa shape index (κ2) is 7.26. The van der Waals surface area contributed by atoms with Gasteiger partial charge in [0.05, 0.1) is 32.0 Å². The number of imidazole rings is 1. The summed E-state index contributed by atoms with van der Waals surface area (Å²) in [6.45, 7) is 6.29. The van der Waals surface area contributed by atoms with Crippen LogP contribution in [-0.4, -0.2) is 54.0 Å². The molecule has 0 bridgehead atoms. The number of nitrogens with zero attached hydrogens (tertiary/aromatic N) is 3. The smallest absolute Gasteiger partial charge is 0.410 e. The van der Waals surface area contributed by atoms with Gasteiger partial charge in [-0.1, -0.05) is 0 Å². The van der Waals surface area contributed by atoms with Gasteiger partial charge in [0.1, 0.15) is 5.60 Å². The first kappa shape index (κ1) is 19.3. The zero-order valence-electron chi connectivity index (χ0n) is 15.4. The van der Waals surface area contributed by atoms with E-state index in [9.17, 15) is 19.1 Å². The number of non-ortho nitro benzene ring substituents is 1. The van der Waals surface area contributed by atoms with Gasteiger partial charge in [-0.25, -0.2) is 9.78 Å². The molecule has 0 radical (unpaired) electrons. The van der Waals surface area contributed by atoms with Gasteiger partial charge in [0.15, 0.2) is 5.16 Å². The number of rotatable bonds is 3. The van der Waals surface area contributed by atoms with Crippen LogP contribution in [-0.2, 0) is 15.5 Å². The van der Waals surface area contributed by atoms with E-state index in [1.54, 1.807) is 25.7 Å². The molecule has 3 rings (SSSR count). The summed E-state index contributed by atoms with van der Waals surface area (Å²) in [4.78, 5) is 31.5. The van der Waals surface area contributed by atoms with Gasteiger partial charge in [0, 0.05) is 25.2 Å². The van der Waals surface area contributed by atoms with Crippen LogP contribution >= 0.6 is 0 Å². The Labute approximate surface area is 158 Å². The number of hydrogen-bond donors (Lipinski definition) is 1. The van der Waals surface area contributed by atoms with Gasteiger partial charge in [-0.3, -0.25) is 14.3 Å². The van der Waals surface area contributed by atoms with E-state index in [4.69, 9.17) is 4.74 Å². The van der Waals surface area contributed by atoms with Crippen molar-refractivity contribution in [3.63, 3.8) is 0 Å². The maximum Gasteiger partial charge on any atom is 0.410 e. The molecule has 1 aromatic carbocycles. The van der Waals surface area contributed by atoms with Crippen LogP contribution in [0, 0.1) is 10.1 Å². The fraction of sp³-hybridized carbons (Fsp3) is 0.529. The SMILES string of the molecule is CC(C)(C)OC(=O)N1CCC[C@@H]([S@@](=O)c2nc3ccc([N+](=O)[O-])cc3[nH]2)C1. The molecule has 2 aromatic rings. The highest BCUT2D eigenvalue weighted by molar-refractivity contribution is 7.85. The van der Waals surface area contributed by atoms with Crippen molar-refractivity contribution in [2.75, 3.05) is 13.1 Å². The van der Waals surface area contributed by atoms with E-state index in [1.165, 1.54) is 18.2 Å². The third-order valence-electron chi connectivity index (χ3n) is 4.18. The highest BCUT2D eigenvalue weighted by atomic mass is 32.2. The van der Waals surface area contributed by atoms with Gasteiger partial charge in [-0.05, 0) is 39.7 Å². The minimum atomic E-state index is -1.47. The summed E-state index contributed by atoms with van der Waals surface area (Å²) in [6, 6.07) is 4.26. The third-order valence-corrected chi connectivity index (χ3v) is 5.74. The molecule has 1 aromatic heterocycles. The van der Waals surface area contributed by atoms with E-state index in [2.05, 4.69) is 9.97 Å². The molecule has 1 amide bonds. The Bertz CT molecular complexity index is 904. The Morgan fingerprint density at radius 1 is 1.44 bits per heavy atom. The number of nitro benzene ring substituents is 1. The van der Waals surface area contributed by atoms with E-state index in [1.807, 2.05) is 0 Å². The number of H-pyrrole nitrogens is 1. The molecule has 9 nitrogen and oxygen atoms in total. The summed E-state index contributed by atoms with van der Waals surface area (Å²) in [7, 11) is -1.47. The Morgan fingerprint density at radius 2 is 2.19 bits per heavy atom. The van der Waals surface area contributed by atoms with Crippen LogP contribution in [0.4, 0.5) is 10.5 Å². The first-order valence-electron chi connectivity index (χ1n) is 8.67. The average molecular weight is 394 g/mol. The summed E-state index contributed by atoms with van der Waals surface area (Å²) in [5.41, 5.74) is 0.338. The van der Waals surface area contributed by atoms with Gasteiger partial charge in [0.25, 0.3) is 5.69 Å². The van der Waals surface area contributed by atoms with Crippen LogP contribution in [0.5, 0.6) is 0 Å². The molecule has 0 aliphatic carbocycles. The molecule has 27 heavy (non-hydrogen) atoms. The second-order valence-electron chi connectivity index (χ2n) is 7.49. The van der Waals surface area contributed by atoms with Crippen molar-refractivity contribution in [1.82, 2.24) is 14.9 Å². The molecular formula is C17H22N4O5S. The zero-order chi connectivity index (χ0) is 19.8. The number of aromatic amines is 1. The summed E-state index contributed by atoms with van der Waals surface area (Å²) >= 11 is 0. The summed E-state index contributed by atoms with van der Waals surface area (Å²) < 4.78 is 18.3. The molecule has 0 spiro atoms. The van der Waals surface area contributed by atoms with E-state index in [0.29, 0.717) is 30.5 Å². The van der Waals surface area contributed by atoms with E-state index >= 15 is 0 Å². The maximum absolute atomic E-state index is 12.9. The highest BCUT2D eigenvalue weighted by Gasteiger charge is 2.32. The Morgan fingerprint density at radius 3 is 2.85 bits per heavy atom. The first-order valence-corrected chi connectivity index (χ1v) is 9.88. The predicted molar refractivity (Wildman–Crippen MR) is 100.0 cm³/mol. The molecular weight excluding hydrogens is 372 g/mol. The summed E-state index contributed by atoms with van der Waals surface area (Å²) in [6.07, 6.45) is 1.01. The number of fused-ring (bicyclic) bond motifs is 1. The molecule has 2 heterocycles. The number of carbonyl (C=O) groups is 1. The van der Waals surface area contributed by atoms with Gasteiger partial charge >= 0.3 is 6.09 Å². The monoisotopic (exact) mass is 394 g/mol. The second-order valence-corrected chi connectivity index (χ2v) is 9.14. The normalized spacial score (nSPS) is 19.1. The number of ether oxygens (including phenoxy) is 1. The quantitative estimate of drug-likeness (QED) is 0.631. The lowest BCUT2D eigenvalue weighted by Gasteiger charge is -2.33. The van der Waals surface area contributed by atoms with E-state index in [-0.39, 0.29) is 16.1 Å². The van der Waals surface area contributed by atoms with Crippen LogP contribution in [0.2, 0.25) is 0 Å². The molecule has 146 valence electrons. The van der Waals surface area contributed by atoms with Gasteiger partial charge in [0.2, 0.25) is 0 Å². The molecule has 2 atom stereocenters. The number of hydrogen-bond acceptors (Lipinski definition) is 6. The van der Waals surface area contributed by atoms with Crippen molar-refractivity contribution >= 4 is 33.6 Å². The number of nitrogens with one attached hydrogen (secondary N) is 1. The highest BCUT2D eigenvalue weighted by Crippen LogP contribution is 2.24. The molecule has 0 unspecified atom stereocenters. The Kier molecular flexibility index (Phi) is 5.18. The van der Waals surface area contributed by atoms with Crippen LogP contribution < -0.4 is 0 Å². The van der Waals surface area contributed by atoms with Crippen molar-refractivity contribution in [1.29, 1.82) is 0 Å². The Hall–Kier alpha value is -2.49. The number of nitro groups is 1. The number of likely N-dealkylation sites (tertiary alicyclic amines) is 1. The number of benzene rings is 1. The first-order chi connectivity index (χ1) is 12.6. The topological polar surface area (TPSA) is 118 Å². The maximum atomic E-state index is 12.9. The third kappa shape index (κ3) is 4.44. The number of aromatic nitrogens is 2. The molecule has 1 aliphatic heterocycles. The van der Waals surface area contributed by atoms with E-state index < -0.39 is 27.4 Å². The Balaban J connectivity index is 1.76. The van der Waals surface area contributed by atoms with Crippen molar-refractivity contribution in [3.8, 4) is 0 Å². The van der Waals surface area contributed by atoms with Crippen molar-refractivity contribution in [2.24, 2.45) is 0 Å². The molecule has 1 saturated heterocycles. The van der Waals surface area contributed by atoms with Crippen molar-refractivity contribution < 1.29 is 18.7 Å². The minimum absolute atomic E-state index is 0.0581. The largest absolute Gasteiger partial charge is 0.444 e. The molecule has 10 heteroatoms. The van der Waals surface area contributed by atoms with Crippen molar-refractivity contribution in [3.05, 3.63) is 28.3 Å². The lowest BCUT2D eigenvalue weighted by molar-refractivity contribution is -0.384. The molecule has 1 aliphatic rings. The summed E-state index contributed by atoms with van der Waals surface area (Å²) in [5, 5.41) is 10.9. The number of amides is 1. The molecule has 1 fully saturated rings. The fourth-order valence-electron chi connectivity index (χ4n) is 2.95. The van der Waals surface area contributed by atoms with Crippen molar-refractivity contribution in [2.45, 2.75) is 49.6 Å². The number of piperidine rings is 1. The fourth-order valence-corrected chi connectivity index (χ4v) is 4.36. The van der Waals surface area contributed by atoms with Crippen LogP contribution in [0.3, 0.4) is 0 Å². The van der Waals surface area contributed by atoms with Gasteiger partial charge < -0.3 is 14.6 Å². The summed E-state index contributed by atoms with van der Waals surface area (Å²) in [5.74, 6) is 0. The standard InChI is InChI=1S/C17H22N4O5S/c1-17(2,3)26-16(22)20-8-4-5-12(10-20)27(25)15-18-13-7-6-11(21(23)24)9-14(13)19-15/h6-7,9,12H,4-5,8,10H2,1-3H3,(H,18,19)/t12-,27-/m1/s1. The van der Waals surface area contributed by atoms with Crippen LogP contribution in [0.15, 0.2) is 23.4 Å². The van der Waals surface area contributed by atoms with E-state index in [0.717, 1.165) is 6.42 Å². The van der Waals surface area contributed by atoms with Crippen LogP contribution in [0.1, 0.15) is 33.6 Å². The predicted octanol–water partition coefficient (Wildman–Crippen LogP) is 2.98. The number of carbonyl (C=O) groups excluding carboxylic acids is 1.